The van der Waals surface area contributed by atoms with Crippen LogP contribution >= 0.6 is 23.2 Å². The topological polar surface area (TPSA) is 97.4 Å². The van der Waals surface area contributed by atoms with Crippen LogP contribution in [0.2, 0.25) is 10.0 Å². The Balaban J connectivity index is 1.73. The van der Waals surface area contributed by atoms with E-state index in [9.17, 15) is 13.2 Å². The van der Waals surface area contributed by atoms with Crippen LogP contribution in [0.15, 0.2) is 60.8 Å². The molecule has 0 aliphatic carbocycles. The summed E-state index contributed by atoms with van der Waals surface area (Å²) in [6, 6.07) is 14.9. The Hall–Kier alpha value is -2.65. The molecule has 168 valence electrons. The number of rotatable bonds is 9. The Morgan fingerprint density at radius 2 is 1.81 bits per heavy atom. The summed E-state index contributed by atoms with van der Waals surface area (Å²) in [6.45, 7) is 0.341. The second-order valence-electron chi connectivity index (χ2n) is 6.83. The van der Waals surface area contributed by atoms with Crippen LogP contribution in [0.3, 0.4) is 0 Å². The number of hydrogen-bond donors (Lipinski definition) is 2. The predicted molar refractivity (Wildman–Crippen MR) is 128 cm³/mol. The van der Waals surface area contributed by atoms with Crippen molar-refractivity contribution in [1.82, 2.24) is 4.98 Å². The summed E-state index contributed by atoms with van der Waals surface area (Å²) in [4.78, 5) is 17.0. The summed E-state index contributed by atoms with van der Waals surface area (Å²) in [5.74, 6) is -0.533. The van der Waals surface area contributed by atoms with Gasteiger partial charge in [0.2, 0.25) is 10.0 Å². The number of carbonyl (C=O) groups excluding carboxylic acids is 1. The van der Waals surface area contributed by atoms with E-state index in [0.717, 1.165) is 0 Å². The highest BCUT2D eigenvalue weighted by Gasteiger charge is 2.15. The van der Waals surface area contributed by atoms with Gasteiger partial charge in [-0.2, -0.15) is 0 Å². The molecule has 2 aromatic carbocycles. The number of pyridine rings is 1. The van der Waals surface area contributed by atoms with E-state index in [1.54, 1.807) is 30.5 Å². The van der Waals surface area contributed by atoms with Gasteiger partial charge in [0.25, 0.3) is 5.91 Å². The number of aromatic nitrogens is 1. The van der Waals surface area contributed by atoms with Crippen molar-refractivity contribution >= 4 is 50.5 Å². The van der Waals surface area contributed by atoms with Crippen molar-refractivity contribution in [3.05, 3.63) is 76.4 Å². The number of methoxy groups -OCH3 is 1. The third-order valence-corrected chi connectivity index (χ3v) is 6.43. The first kappa shape index (κ1) is 24.0. The standard InChI is InChI=1S/C22H21Cl2N3O4S/c1-31-11-4-12-32(29,30)27-16-6-8-17(20(24)14-16)22(28)26-15-7-9-19(23)18(13-15)21-5-2-3-10-25-21/h2-3,5-10,13-14,27H,4,11-12H2,1H3,(H,26,28). The van der Waals surface area contributed by atoms with Crippen molar-refractivity contribution in [1.29, 1.82) is 0 Å². The van der Waals surface area contributed by atoms with Crippen LogP contribution in [-0.2, 0) is 14.8 Å². The lowest BCUT2D eigenvalue weighted by molar-refractivity contribution is 0.102. The van der Waals surface area contributed by atoms with Gasteiger partial charge in [-0.3, -0.25) is 14.5 Å². The summed E-state index contributed by atoms with van der Waals surface area (Å²) in [5.41, 5.74) is 2.33. The highest BCUT2D eigenvalue weighted by atomic mass is 35.5. The fraction of sp³-hybridized carbons (Fsp3) is 0.182. The van der Waals surface area contributed by atoms with Gasteiger partial charge >= 0.3 is 0 Å². The Labute approximate surface area is 196 Å². The first-order valence-electron chi connectivity index (χ1n) is 9.60. The van der Waals surface area contributed by atoms with Crippen LogP contribution in [0.4, 0.5) is 11.4 Å². The molecule has 0 aliphatic heterocycles. The van der Waals surface area contributed by atoms with Crippen molar-refractivity contribution in [2.45, 2.75) is 6.42 Å². The van der Waals surface area contributed by atoms with Crippen LogP contribution < -0.4 is 10.0 Å². The van der Waals surface area contributed by atoms with Crippen molar-refractivity contribution in [3.8, 4) is 11.3 Å². The maximum Gasteiger partial charge on any atom is 0.257 e. The minimum Gasteiger partial charge on any atom is -0.385 e. The lowest BCUT2D eigenvalue weighted by Gasteiger charge is -2.12. The van der Waals surface area contributed by atoms with Gasteiger partial charge in [-0.05, 0) is 55.0 Å². The summed E-state index contributed by atoms with van der Waals surface area (Å²) >= 11 is 12.5. The Morgan fingerprint density at radius 3 is 2.50 bits per heavy atom. The van der Waals surface area contributed by atoms with Gasteiger partial charge < -0.3 is 10.1 Å². The fourth-order valence-corrected chi connectivity index (χ4v) is 4.47. The molecule has 3 rings (SSSR count). The van der Waals surface area contributed by atoms with Crippen LogP contribution in [0, 0.1) is 0 Å². The molecular weight excluding hydrogens is 473 g/mol. The number of nitrogens with one attached hydrogen (secondary N) is 2. The first-order valence-corrected chi connectivity index (χ1v) is 12.0. The van der Waals surface area contributed by atoms with E-state index >= 15 is 0 Å². The molecule has 0 bridgehead atoms. The van der Waals surface area contributed by atoms with Gasteiger partial charge in [-0.15, -0.1) is 0 Å². The number of benzene rings is 2. The third-order valence-electron chi connectivity index (χ3n) is 4.41. The zero-order valence-corrected chi connectivity index (χ0v) is 19.5. The van der Waals surface area contributed by atoms with Crippen LogP contribution in [0.1, 0.15) is 16.8 Å². The lowest BCUT2D eigenvalue weighted by atomic mass is 10.1. The molecule has 1 amide bonds. The smallest absolute Gasteiger partial charge is 0.257 e. The van der Waals surface area contributed by atoms with Gasteiger partial charge in [0.15, 0.2) is 0 Å². The van der Waals surface area contributed by atoms with Gasteiger partial charge in [0.05, 0.1) is 27.1 Å². The number of hydrogen-bond acceptors (Lipinski definition) is 5. The van der Waals surface area contributed by atoms with Gasteiger partial charge in [-0.1, -0.05) is 29.3 Å². The molecule has 0 atom stereocenters. The predicted octanol–water partition coefficient (Wildman–Crippen LogP) is 5.09. The van der Waals surface area contributed by atoms with Crippen molar-refractivity contribution in [2.24, 2.45) is 0 Å². The van der Waals surface area contributed by atoms with Crippen molar-refractivity contribution in [3.63, 3.8) is 0 Å². The number of ether oxygens (including phenoxy) is 1. The molecule has 7 nitrogen and oxygen atoms in total. The molecule has 0 saturated heterocycles. The maximum atomic E-state index is 12.7. The fourth-order valence-electron chi connectivity index (χ4n) is 2.91. The molecule has 0 fully saturated rings. The van der Waals surface area contributed by atoms with E-state index < -0.39 is 15.9 Å². The zero-order valence-electron chi connectivity index (χ0n) is 17.1. The molecule has 0 unspecified atom stereocenters. The minimum absolute atomic E-state index is 0.0874. The van der Waals surface area contributed by atoms with Gasteiger partial charge in [0.1, 0.15) is 0 Å². The molecule has 3 aromatic rings. The Kier molecular flexibility index (Phi) is 8.09. The van der Waals surface area contributed by atoms with E-state index in [-0.39, 0.29) is 22.0 Å². The van der Waals surface area contributed by atoms with Crippen LogP contribution in [0.25, 0.3) is 11.3 Å². The number of carbonyl (C=O) groups is 1. The number of amides is 1. The molecule has 0 spiro atoms. The number of nitrogens with zero attached hydrogens (tertiary/aromatic N) is 1. The van der Waals surface area contributed by atoms with Crippen LogP contribution in [-0.4, -0.2) is 38.8 Å². The van der Waals surface area contributed by atoms with E-state index in [0.29, 0.717) is 35.0 Å². The molecule has 0 aliphatic rings. The highest BCUT2D eigenvalue weighted by molar-refractivity contribution is 7.92. The van der Waals surface area contributed by atoms with Gasteiger partial charge in [-0.25, -0.2) is 8.42 Å². The monoisotopic (exact) mass is 493 g/mol. The lowest BCUT2D eigenvalue weighted by Crippen LogP contribution is -2.18. The molecule has 1 heterocycles. The van der Waals surface area contributed by atoms with Crippen molar-refractivity contribution in [2.75, 3.05) is 29.5 Å². The number of anilines is 2. The van der Waals surface area contributed by atoms with E-state index in [2.05, 4.69) is 15.0 Å². The second kappa shape index (κ2) is 10.8. The summed E-state index contributed by atoms with van der Waals surface area (Å²) < 4.78 is 31.5. The van der Waals surface area contributed by atoms with Crippen LogP contribution in [0.5, 0.6) is 0 Å². The van der Waals surface area contributed by atoms with Crippen molar-refractivity contribution < 1.29 is 17.9 Å². The molecule has 0 saturated carbocycles. The largest absolute Gasteiger partial charge is 0.385 e. The maximum absolute atomic E-state index is 12.7. The SMILES string of the molecule is COCCCS(=O)(=O)Nc1ccc(C(=O)Nc2ccc(Cl)c(-c3ccccn3)c2)c(Cl)c1. The Bertz CT molecular complexity index is 1210. The molecule has 10 heteroatoms. The van der Waals surface area contributed by atoms with E-state index in [1.165, 1.54) is 25.3 Å². The summed E-state index contributed by atoms with van der Waals surface area (Å²) in [6.07, 6.45) is 2.02. The van der Waals surface area contributed by atoms with E-state index in [1.807, 2.05) is 12.1 Å². The summed E-state index contributed by atoms with van der Waals surface area (Å²) in [7, 11) is -2.04. The zero-order chi connectivity index (χ0) is 23.1. The average molecular weight is 494 g/mol. The number of sulfonamides is 1. The quantitative estimate of drug-likeness (QED) is 0.404. The summed E-state index contributed by atoms with van der Waals surface area (Å²) in [5, 5.41) is 3.39. The second-order valence-corrected chi connectivity index (χ2v) is 9.48. The van der Waals surface area contributed by atoms with E-state index in [4.69, 9.17) is 27.9 Å². The molecule has 32 heavy (non-hydrogen) atoms. The normalized spacial score (nSPS) is 11.2. The minimum atomic E-state index is -3.55. The first-order chi connectivity index (χ1) is 15.3. The Morgan fingerprint density at radius 1 is 1.03 bits per heavy atom. The van der Waals surface area contributed by atoms with Gasteiger partial charge in [0, 0.05) is 36.9 Å². The third kappa shape index (κ3) is 6.43. The molecule has 1 aromatic heterocycles. The number of halogens is 2. The molecule has 2 N–H and O–H groups in total. The molecular formula is C22H21Cl2N3O4S. The highest BCUT2D eigenvalue weighted by Crippen LogP contribution is 2.30. The average Bonchev–Trinajstić information content (AvgIpc) is 2.75. The molecule has 0 radical (unpaired) electrons.